The molecule has 1 atom stereocenters. The van der Waals surface area contributed by atoms with Crippen LogP contribution in [-0.2, 0) is 6.42 Å². The molecule has 0 saturated carbocycles. The molecule has 2 aromatic rings. The van der Waals surface area contributed by atoms with Crippen molar-refractivity contribution in [3.05, 3.63) is 63.7 Å². The second-order valence-electron chi connectivity index (χ2n) is 5.31. The van der Waals surface area contributed by atoms with Crippen molar-refractivity contribution in [1.29, 1.82) is 0 Å². The number of ether oxygens (including phenoxy) is 1. The van der Waals surface area contributed by atoms with Crippen LogP contribution in [0.4, 0.5) is 0 Å². The normalized spacial score (nSPS) is 12.2. The maximum absolute atomic E-state index is 6.58. The van der Waals surface area contributed by atoms with Crippen LogP contribution in [0.3, 0.4) is 0 Å². The SMILES string of the molecule is COc1ccc(CCC(Cl)c2cc(C)c(Cl)cc2C)cc1. The minimum Gasteiger partial charge on any atom is -0.497 e. The van der Waals surface area contributed by atoms with Crippen LogP contribution in [0, 0.1) is 13.8 Å². The van der Waals surface area contributed by atoms with Gasteiger partial charge in [-0.05, 0) is 67.1 Å². The van der Waals surface area contributed by atoms with E-state index in [1.54, 1.807) is 7.11 Å². The molecule has 0 radical (unpaired) electrons. The third kappa shape index (κ3) is 4.15. The molecule has 3 heteroatoms. The summed E-state index contributed by atoms with van der Waals surface area (Å²) in [4.78, 5) is 0. The van der Waals surface area contributed by atoms with E-state index in [4.69, 9.17) is 27.9 Å². The molecule has 2 aromatic carbocycles. The van der Waals surface area contributed by atoms with Crippen molar-refractivity contribution < 1.29 is 4.74 Å². The molecule has 0 bridgehead atoms. The standard InChI is InChI=1S/C18H20Cl2O/c1-12-11-18(20)13(2)10-16(12)17(19)9-6-14-4-7-15(21-3)8-5-14/h4-5,7-8,10-11,17H,6,9H2,1-3H3. The summed E-state index contributed by atoms with van der Waals surface area (Å²) < 4.78 is 5.17. The second-order valence-corrected chi connectivity index (χ2v) is 6.25. The number of benzene rings is 2. The van der Waals surface area contributed by atoms with E-state index in [1.165, 1.54) is 11.1 Å². The number of methoxy groups -OCH3 is 1. The first-order valence-electron chi connectivity index (χ1n) is 7.05. The zero-order valence-corrected chi connectivity index (χ0v) is 14.1. The summed E-state index contributed by atoms with van der Waals surface area (Å²) in [6, 6.07) is 12.2. The monoisotopic (exact) mass is 322 g/mol. The van der Waals surface area contributed by atoms with Crippen molar-refractivity contribution in [2.24, 2.45) is 0 Å². The first kappa shape index (κ1) is 16.2. The minimum absolute atomic E-state index is 0.00284. The Hall–Kier alpha value is -1.18. The van der Waals surface area contributed by atoms with Crippen LogP contribution in [0.1, 0.15) is 34.1 Å². The van der Waals surface area contributed by atoms with E-state index in [-0.39, 0.29) is 5.38 Å². The van der Waals surface area contributed by atoms with Gasteiger partial charge in [-0.3, -0.25) is 0 Å². The van der Waals surface area contributed by atoms with Gasteiger partial charge in [0.2, 0.25) is 0 Å². The molecule has 0 heterocycles. The van der Waals surface area contributed by atoms with Crippen LogP contribution in [0.25, 0.3) is 0 Å². The smallest absolute Gasteiger partial charge is 0.118 e. The number of hydrogen-bond acceptors (Lipinski definition) is 1. The number of hydrogen-bond donors (Lipinski definition) is 0. The van der Waals surface area contributed by atoms with Gasteiger partial charge in [0, 0.05) is 5.02 Å². The Bertz CT molecular complexity index is 605. The lowest BCUT2D eigenvalue weighted by Gasteiger charge is -2.15. The average Bonchev–Trinajstić information content (AvgIpc) is 2.49. The molecule has 0 saturated heterocycles. The zero-order chi connectivity index (χ0) is 15.4. The van der Waals surface area contributed by atoms with Crippen molar-refractivity contribution in [3.8, 4) is 5.75 Å². The van der Waals surface area contributed by atoms with Gasteiger partial charge < -0.3 is 4.74 Å². The molecule has 0 spiro atoms. The fraction of sp³-hybridized carbons (Fsp3) is 0.333. The van der Waals surface area contributed by atoms with E-state index in [1.807, 2.05) is 25.1 Å². The van der Waals surface area contributed by atoms with Crippen LogP contribution in [0.15, 0.2) is 36.4 Å². The highest BCUT2D eigenvalue weighted by molar-refractivity contribution is 6.31. The van der Waals surface area contributed by atoms with E-state index in [0.717, 1.165) is 34.7 Å². The molecule has 1 unspecified atom stereocenters. The molecular formula is C18H20Cl2O. The summed E-state index contributed by atoms with van der Waals surface area (Å²) in [6.45, 7) is 4.07. The maximum Gasteiger partial charge on any atom is 0.118 e. The predicted molar refractivity (Wildman–Crippen MR) is 90.8 cm³/mol. The number of alkyl halides is 1. The predicted octanol–water partition coefficient (Wildman–Crippen LogP) is 5.88. The molecule has 2 rings (SSSR count). The van der Waals surface area contributed by atoms with Crippen LogP contribution in [0.5, 0.6) is 5.75 Å². The molecule has 0 aliphatic heterocycles. The Kier molecular flexibility index (Phi) is 5.55. The van der Waals surface area contributed by atoms with Crippen LogP contribution in [0.2, 0.25) is 5.02 Å². The summed E-state index contributed by atoms with van der Waals surface area (Å²) in [5.74, 6) is 0.880. The summed E-state index contributed by atoms with van der Waals surface area (Å²) in [5, 5.41) is 0.804. The van der Waals surface area contributed by atoms with Crippen LogP contribution >= 0.6 is 23.2 Å². The van der Waals surface area contributed by atoms with Gasteiger partial charge >= 0.3 is 0 Å². The summed E-state index contributed by atoms with van der Waals surface area (Å²) >= 11 is 12.7. The molecule has 0 amide bonds. The minimum atomic E-state index is 0.00284. The van der Waals surface area contributed by atoms with Gasteiger partial charge in [0.1, 0.15) is 5.75 Å². The molecular weight excluding hydrogens is 303 g/mol. The van der Waals surface area contributed by atoms with Gasteiger partial charge in [-0.25, -0.2) is 0 Å². The van der Waals surface area contributed by atoms with Crippen molar-refractivity contribution in [2.75, 3.05) is 7.11 Å². The average molecular weight is 323 g/mol. The van der Waals surface area contributed by atoms with E-state index in [2.05, 4.69) is 25.1 Å². The van der Waals surface area contributed by atoms with Gasteiger partial charge in [-0.1, -0.05) is 29.8 Å². The fourth-order valence-corrected chi connectivity index (χ4v) is 2.94. The largest absolute Gasteiger partial charge is 0.497 e. The van der Waals surface area contributed by atoms with E-state index >= 15 is 0 Å². The van der Waals surface area contributed by atoms with Crippen molar-refractivity contribution in [3.63, 3.8) is 0 Å². The molecule has 0 fully saturated rings. The van der Waals surface area contributed by atoms with Gasteiger partial charge in [-0.2, -0.15) is 0 Å². The molecule has 112 valence electrons. The number of aryl methyl sites for hydroxylation is 3. The van der Waals surface area contributed by atoms with E-state index in [9.17, 15) is 0 Å². The first-order chi connectivity index (χ1) is 10.0. The molecule has 0 aromatic heterocycles. The lowest BCUT2D eigenvalue weighted by atomic mass is 9.98. The van der Waals surface area contributed by atoms with Crippen molar-refractivity contribution in [1.82, 2.24) is 0 Å². The Balaban J connectivity index is 2.04. The topological polar surface area (TPSA) is 9.23 Å². The van der Waals surface area contributed by atoms with Crippen LogP contribution in [-0.4, -0.2) is 7.11 Å². The fourth-order valence-electron chi connectivity index (χ4n) is 2.38. The van der Waals surface area contributed by atoms with Gasteiger partial charge in [-0.15, -0.1) is 11.6 Å². The Morgan fingerprint density at radius 3 is 2.33 bits per heavy atom. The summed E-state index contributed by atoms with van der Waals surface area (Å²) in [5.41, 5.74) is 4.67. The van der Waals surface area contributed by atoms with Crippen LogP contribution < -0.4 is 4.74 Å². The second kappa shape index (κ2) is 7.20. The third-order valence-electron chi connectivity index (χ3n) is 3.73. The zero-order valence-electron chi connectivity index (χ0n) is 12.6. The van der Waals surface area contributed by atoms with E-state index in [0.29, 0.717) is 0 Å². The quantitative estimate of drug-likeness (QED) is 0.625. The van der Waals surface area contributed by atoms with Gasteiger partial charge in [0.25, 0.3) is 0 Å². The molecule has 1 nitrogen and oxygen atoms in total. The Morgan fingerprint density at radius 1 is 1.05 bits per heavy atom. The molecule has 0 N–H and O–H groups in total. The van der Waals surface area contributed by atoms with Crippen molar-refractivity contribution in [2.45, 2.75) is 32.1 Å². The third-order valence-corrected chi connectivity index (χ3v) is 4.59. The molecule has 21 heavy (non-hydrogen) atoms. The molecule has 0 aliphatic carbocycles. The highest BCUT2D eigenvalue weighted by Gasteiger charge is 2.12. The maximum atomic E-state index is 6.58. The number of halogens is 2. The first-order valence-corrected chi connectivity index (χ1v) is 7.86. The van der Waals surface area contributed by atoms with E-state index < -0.39 is 0 Å². The number of rotatable bonds is 5. The Labute approximate surface area is 136 Å². The van der Waals surface area contributed by atoms with Crippen molar-refractivity contribution >= 4 is 23.2 Å². The highest BCUT2D eigenvalue weighted by atomic mass is 35.5. The highest BCUT2D eigenvalue weighted by Crippen LogP contribution is 2.32. The summed E-state index contributed by atoms with van der Waals surface area (Å²) in [6.07, 6.45) is 1.84. The summed E-state index contributed by atoms with van der Waals surface area (Å²) in [7, 11) is 1.68. The lowest BCUT2D eigenvalue weighted by Crippen LogP contribution is -1.98. The molecule has 0 aliphatic rings. The van der Waals surface area contributed by atoms with Gasteiger partial charge in [0.05, 0.1) is 12.5 Å². The van der Waals surface area contributed by atoms with Gasteiger partial charge in [0.15, 0.2) is 0 Å². The Morgan fingerprint density at radius 2 is 1.71 bits per heavy atom. The lowest BCUT2D eigenvalue weighted by molar-refractivity contribution is 0.414.